The molecule has 2 aromatic rings. The first kappa shape index (κ1) is 14.4. The topological polar surface area (TPSA) is 26.0 Å². The van der Waals surface area contributed by atoms with Crippen LogP contribution in [-0.2, 0) is 12.8 Å². The van der Waals surface area contributed by atoms with E-state index in [1.165, 1.54) is 16.7 Å². The van der Waals surface area contributed by atoms with Crippen LogP contribution in [-0.4, -0.2) is 0 Å². The molecule has 0 atom stereocenters. The molecule has 20 heavy (non-hydrogen) atoms. The van der Waals surface area contributed by atoms with Gasteiger partial charge in [0.2, 0.25) is 0 Å². The van der Waals surface area contributed by atoms with Gasteiger partial charge >= 0.3 is 0 Å². The maximum absolute atomic E-state index is 6.13. The van der Waals surface area contributed by atoms with Gasteiger partial charge in [0.1, 0.15) is 0 Å². The maximum atomic E-state index is 6.13. The summed E-state index contributed by atoms with van der Waals surface area (Å²) in [5.74, 6) is 0. The summed E-state index contributed by atoms with van der Waals surface area (Å²) in [6.07, 6.45) is 2.97. The van der Waals surface area contributed by atoms with Crippen LogP contribution in [0.25, 0.3) is 5.57 Å². The van der Waals surface area contributed by atoms with Crippen LogP contribution < -0.4 is 5.73 Å². The summed E-state index contributed by atoms with van der Waals surface area (Å²) >= 11 is 0. The van der Waals surface area contributed by atoms with Crippen molar-refractivity contribution >= 4 is 11.3 Å². The molecule has 0 aliphatic rings. The smallest absolute Gasteiger partial charge is 0.0393 e. The zero-order valence-corrected chi connectivity index (χ0v) is 12.4. The second kappa shape index (κ2) is 6.42. The van der Waals surface area contributed by atoms with Crippen LogP contribution in [0.5, 0.6) is 0 Å². The molecule has 0 bridgehead atoms. The van der Waals surface area contributed by atoms with E-state index in [1.807, 2.05) is 12.1 Å². The van der Waals surface area contributed by atoms with Crippen molar-refractivity contribution in [2.75, 3.05) is 5.73 Å². The molecule has 0 heterocycles. The lowest BCUT2D eigenvalue weighted by Gasteiger charge is -2.14. The Labute approximate surface area is 122 Å². The van der Waals surface area contributed by atoms with Gasteiger partial charge in [0, 0.05) is 11.3 Å². The number of anilines is 1. The minimum Gasteiger partial charge on any atom is -0.398 e. The number of nitrogen functional groups attached to an aromatic ring is 1. The molecule has 0 fully saturated rings. The quantitative estimate of drug-likeness (QED) is 0.773. The summed E-state index contributed by atoms with van der Waals surface area (Å²) in [5, 5.41) is 0. The molecular weight excluding hydrogens is 242 g/mol. The van der Waals surface area contributed by atoms with Gasteiger partial charge < -0.3 is 5.73 Å². The first-order chi connectivity index (χ1) is 9.61. The first-order valence-electron chi connectivity index (χ1n) is 7.23. The summed E-state index contributed by atoms with van der Waals surface area (Å²) in [5.41, 5.74) is 13.2. The average Bonchev–Trinajstić information content (AvgIpc) is 2.46. The van der Waals surface area contributed by atoms with Gasteiger partial charge in [-0.1, -0.05) is 55.5 Å². The molecule has 1 nitrogen and oxygen atoms in total. The number of hydrogen-bond acceptors (Lipinski definition) is 1. The minimum absolute atomic E-state index is 0.846. The number of benzene rings is 2. The third kappa shape index (κ3) is 3.30. The Bertz CT molecular complexity index is 594. The van der Waals surface area contributed by atoms with Gasteiger partial charge in [0.15, 0.2) is 0 Å². The fourth-order valence-corrected chi connectivity index (χ4v) is 2.47. The van der Waals surface area contributed by atoms with E-state index >= 15 is 0 Å². The highest BCUT2D eigenvalue weighted by Gasteiger charge is 2.08. The number of aryl methyl sites for hydroxylation is 3. The standard InChI is InChI=1S/C19H23N/c1-4-15(3)19-17(6-5-7-18(19)20)13-12-16-10-8-14(2)9-11-16/h5-11H,3-4,12-13,20H2,1-2H3. The molecule has 0 aliphatic carbocycles. The third-order valence-corrected chi connectivity index (χ3v) is 3.77. The highest BCUT2D eigenvalue weighted by atomic mass is 14.6. The van der Waals surface area contributed by atoms with Crippen LogP contribution in [0.3, 0.4) is 0 Å². The molecule has 0 radical (unpaired) electrons. The lowest BCUT2D eigenvalue weighted by atomic mass is 9.93. The Kier molecular flexibility index (Phi) is 4.62. The predicted molar refractivity (Wildman–Crippen MR) is 88.8 cm³/mol. The van der Waals surface area contributed by atoms with Crippen molar-refractivity contribution in [1.82, 2.24) is 0 Å². The number of rotatable bonds is 5. The van der Waals surface area contributed by atoms with E-state index in [9.17, 15) is 0 Å². The molecule has 0 amide bonds. The van der Waals surface area contributed by atoms with Gasteiger partial charge in [-0.25, -0.2) is 0 Å². The van der Waals surface area contributed by atoms with Crippen molar-refractivity contribution in [2.45, 2.75) is 33.1 Å². The fourth-order valence-electron chi connectivity index (χ4n) is 2.47. The third-order valence-electron chi connectivity index (χ3n) is 3.77. The molecule has 2 rings (SSSR count). The molecule has 2 N–H and O–H groups in total. The van der Waals surface area contributed by atoms with Gasteiger partial charge in [0.05, 0.1) is 0 Å². The van der Waals surface area contributed by atoms with Gasteiger partial charge in [-0.05, 0) is 49.0 Å². The zero-order chi connectivity index (χ0) is 14.5. The minimum atomic E-state index is 0.846. The van der Waals surface area contributed by atoms with Crippen LogP contribution >= 0.6 is 0 Å². The Morgan fingerprint density at radius 2 is 1.75 bits per heavy atom. The maximum Gasteiger partial charge on any atom is 0.0393 e. The van der Waals surface area contributed by atoms with Crippen molar-refractivity contribution in [3.8, 4) is 0 Å². The van der Waals surface area contributed by atoms with Crippen LogP contribution in [0.1, 0.15) is 35.6 Å². The number of allylic oxidation sites excluding steroid dienone is 1. The zero-order valence-electron chi connectivity index (χ0n) is 12.4. The van der Waals surface area contributed by atoms with Crippen LogP contribution in [0, 0.1) is 6.92 Å². The van der Waals surface area contributed by atoms with Crippen LogP contribution in [0.2, 0.25) is 0 Å². The highest BCUT2D eigenvalue weighted by molar-refractivity contribution is 5.76. The van der Waals surface area contributed by atoms with Gasteiger partial charge in [0.25, 0.3) is 0 Å². The van der Waals surface area contributed by atoms with Crippen molar-refractivity contribution in [3.05, 3.63) is 71.3 Å². The molecule has 1 heteroatoms. The van der Waals surface area contributed by atoms with Gasteiger partial charge in [-0.2, -0.15) is 0 Å². The Morgan fingerprint density at radius 3 is 2.40 bits per heavy atom. The predicted octanol–water partition coefficient (Wildman–Crippen LogP) is 4.79. The fraction of sp³-hybridized carbons (Fsp3) is 0.263. The van der Waals surface area contributed by atoms with E-state index in [0.29, 0.717) is 0 Å². The summed E-state index contributed by atoms with van der Waals surface area (Å²) in [6, 6.07) is 14.9. The Balaban J connectivity index is 2.19. The lowest BCUT2D eigenvalue weighted by Crippen LogP contribution is -2.01. The first-order valence-corrected chi connectivity index (χ1v) is 7.23. The van der Waals surface area contributed by atoms with Crippen LogP contribution in [0.4, 0.5) is 5.69 Å². The Hall–Kier alpha value is -2.02. The second-order valence-electron chi connectivity index (χ2n) is 5.32. The van der Waals surface area contributed by atoms with Crippen molar-refractivity contribution in [1.29, 1.82) is 0 Å². The van der Waals surface area contributed by atoms with Crippen molar-refractivity contribution in [2.24, 2.45) is 0 Å². The normalized spacial score (nSPS) is 10.5. The molecule has 0 saturated carbocycles. The highest BCUT2D eigenvalue weighted by Crippen LogP contribution is 2.27. The van der Waals surface area contributed by atoms with Crippen molar-refractivity contribution in [3.63, 3.8) is 0 Å². The van der Waals surface area contributed by atoms with Crippen LogP contribution in [0.15, 0.2) is 49.0 Å². The largest absolute Gasteiger partial charge is 0.398 e. The number of nitrogens with two attached hydrogens (primary N) is 1. The summed E-state index contributed by atoms with van der Waals surface area (Å²) in [6.45, 7) is 8.39. The summed E-state index contributed by atoms with van der Waals surface area (Å²) in [4.78, 5) is 0. The second-order valence-corrected chi connectivity index (χ2v) is 5.32. The molecular formula is C19H23N. The number of hydrogen-bond donors (Lipinski definition) is 1. The molecule has 0 aliphatic heterocycles. The van der Waals surface area contributed by atoms with E-state index in [0.717, 1.165) is 36.1 Å². The van der Waals surface area contributed by atoms with E-state index in [-0.39, 0.29) is 0 Å². The van der Waals surface area contributed by atoms with Crippen molar-refractivity contribution < 1.29 is 0 Å². The van der Waals surface area contributed by atoms with Gasteiger partial charge in [-0.3, -0.25) is 0 Å². The van der Waals surface area contributed by atoms with E-state index in [4.69, 9.17) is 5.73 Å². The van der Waals surface area contributed by atoms with Gasteiger partial charge in [-0.15, -0.1) is 0 Å². The Morgan fingerprint density at radius 1 is 1.05 bits per heavy atom. The molecule has 2 aromatic carbocycles. The van der Waals surface area contributed by atoms with E-state index < -0.39 is 0 Å². The van der Waals surface area contributed by atoms with E-state index in [2.05, 4.69) is 50.8 Å². The summed E-state index contributed by atoms with van der Waals surface area (Å²) < 4.78 is 0. The molecule has 0 unspecified atom stereocenters. The molecule has 0 aromatic heterocycles. The molecule has 0 spiro atoms. The lowest BCUT2D eigenvalue weighted by molar-refractivity contribution is 0.954. The SMILES string of the molecule is C=C(CC)c1c(N)cccc1CCc1ccc(C)cc1. The average molecular weight is 265 g/mol. The van der Waals surface area contributed by atoms with E-state index in [1.54, 1.807) is 0 Å². The summed E-state index contributed by atoms with van der Waals surface area (Å²) in [7, 11) is 0. The monoisotopic (exact) mass is 265 g/mol. The molecule has 104 valence electrons. The molecule has 0 saturated heterocycles.